The van der Waals surface area contributed by atoms with Crippen LogP contribution in [0.2, 0.25) is 0 Å². The van der Waals surface area contributed by atoms with Crippen molar-refractivity contribution in [2.45, 2.75) is 38.6 Å². The highest BCUT2D eigenvalue weighted by atomic mass is 16.5. The number of carbonyl (C=O) groups excluding carboxylic acids is 2. The Bertz CT molecular complexity index is 613. The number of piperidine rings is 1. The first kappa shape index (κ1) is 16.0. The lowest BCUT2D eigenvalue weighted by Crippen LogP contribution is -2.61. The molecular formula is C16H24N4O3. The molecule has 1 unspecified atom stereocenters. The third-order valence-corrected chi connectivity index (χ3v) is 5.23. The fourth-order valence-corrected chi connectivity index (χ4v) is 4.14. The van der Waals surface area contributed by atoms with Gasteiger partial charge in [0.2, 0.25) is 5.91 Å². The van der Waals surface area contributed by atoms with Crippen LogP contribution in [0.4, 0.5) is 0 Å². The lowest BCUT2D eigenvalue weighted by atomic mass is 9.67. The van der Waals surface area contributed by atoms with Crippen molar-refractivity contribution in [2.24, 2.45) is 18.2 Å². The van der Waals surface area contributed by atoms with Crippen molar-refractivity contribution in [2.75, 3.05) is 19.8 Å². The Kier molecular flexibility index (Phi) is 4.14. The second-order valence-corrected chi connectivity index (χ2v) is 6.68. The third kappa shape index (κ3) is 2.73. The number of ether oxygens (including phenoxy) is 1. The number of nitrogens with two attached hydrogens (primary N) is 1. The monoisotopic (exact) mass is 320 g/mol. The maximum absolute atomic E-state index is 13.0. The van der Waals surface area contributed by atoms with Crippen LogP contribution in [0.3, 0.4) is 0 Å². The molecule has 0 aliphatic carbocycles. The molecule has 7 nitrogen and oxygen atoms in total. The van der Waals surface area contributed by atoms with Crippen LogP contribution >= 0.6 is 0 Å². The molecule has 126 valence electrons. The molecule has 0 bridgehead atoms. The summed E-state index contributed by atoms with van der Waals surface area (Å²) in [6.45, 7) is 3.61. The second-order valence-electron chi connectivity index (χ2n) is 6.68. The minimum Gasteiger partial charge on any atom is -0.381 e. The van der Waals surface area contributed by atoms with E-state index in [1.54, 1.807) is 29.7 Å². The SMILES string of the molecule is Cc1nn(C)cc1C(=O)N1CCCC2(CCOCC2)C1C(N)=O. The van der Waals surface area contributed by atoms with Gasteiger partial charge >= 0.3 is 0 Å². The Balaban J connectivity index is 1.95. The van der Waals surface area contributed by atoms with Crippen LogP contribution in [0.25, 0.3) is 0 Å². The predicted octanol–water partition coefficient (Wildman–Crippen LogP) is 0.615. The first-order chi connectivity index (χ1) is 10.9. The van der Waals surface area contributed by atoms with E-state index in [1.807, 2.05) is 0 Å². The van der Waals surface area contributed by atoms with E-state index in [2.05, 4.69) is 5.10 Å². The van der Waals surface area contributed by atoms with Crippen molar-refractivity contribution < 1.29 is 14.3 Å². The number of primary amides is 1. The number of hydrogen-bond donors (Lipinski definition) is 1. The number of carbonyl (C=O) groups is 2. The van der Waals surface area contributed by atoms with Crippen molar-refractivity contribution in [1.82, 2.24) is 14.7 Å². The molecule has 3 rings (SSSR count). The van der Waals surface area contributed by atoms with Crippen molar-refractivity contribution in [1.29, 1.82) is 0 Å². The number of likely N-dealkylation sites (tertiary alicyclic amines) is 1. The van der Waals surface area contributed by atoms with Gasteiger partial charge in [0.05, 0.1) is 11.3 Å². The Morgan fingerprint density at radius 1 is 1.35 bits per heavy atom. The Morgan fingerprint density at radius 3 is 2.61 bits per heavy atom. The Hall–Kier alpha value is -1.89. The van der Waals surface area contributed by atoms with Gasteiger partial charge in [-0.15, -0.1) is 0 Å². The Labute approximate surface area is 135 Å². The minimum absolute atomic E-state index is 0.148. The first-order valence-electron chi connectivity index (χ1n) is 8.13. The summed E-state index contributed by atoms with van der Waals surface area (Å²) in [5.41, 5.74) is 6.70. The van der Waals surface area contributed by atoms with E-state index in [0.29, 0.717) is 31.0 Å². The summed E-state index contributed by atoms with van der Waals surface area (Å²) in [4.78, 5) is 26.9. The molecule has 0 saturated carbocycles. The number of rotatable bonds is 2. The highest BCUT2D eigenvalue weighted by Crippen LogP contribution is 2.44. The van der Waals surface area contributed by atoms with E-state index in [-0.39, 0.29) is 11.3 Å². The van der Waals surface area contributed by atoms with Crippen LogP contribution in [0.5, 0.6) is 0 Å². The number of amides is 2. The molecule has 1 aromatic rings. The maximum Gasteiger partial charge on any atom is 0.258 e. The van der Waals surface area contributed by atoms with Crippen LogP contribution < -0.4 is 5.73 Å². The molecule has 1 atom stereocenters. The fraction of sp³-hybridized carbons (Fsp3) is 0.688. The molecule has 23 heavy (non-hydrogen) atoms. The summed E-state index contributed by atoms with van der Waals surface area (Å²) >= 11 is 0. The van der Waals surface area contributed by atoms with Crippen LogP contribution in [-0.4, -0.2) is 52.3 Å². The fourth-order valence-electron chi connectivity index (χ4n) is 4.14. The quantitative estimate of drug-likeness (QED) is 0.864. The van der Waals surface area contributed by atoms with E-state index in [4.69, 9.17) is 10.5 Å². The van der Waals surface area contributed by atoms with Gasteiger partial charge in [-0.1, -0.05) is 0 Å². The van der Waals surface area contributed by atoms with Gasteiger partial charge in [-0.3, -0.25) is 14.3 Å². The third-order valence-electron chi connectivity index (χ3n) is 5.23. The summed E-state index contributed by atoms with van der Waals surface area (Å²) < 4.78 is 7.08. The maximum atomic E-state index is 13.0. The van der Waals surface area contributed by atoms with E-state index in [1.165, 1.54) is 0 Å². The summed E-state index contributed by atoms with van der Waals surface area (Å²) in [7, 11) is 1.78. The summed E-state index contributed by atoms with van der Waals surface area (Å²) in [6.07, 6.45) is 5.06. The molecule has 0 radical (unpaired) electrons. The van der Waals surface area contributed by atoms with Gasteiger partial charge in [-0.05, 0) is 32.6 Å². The molecule has 7 heteroatoms. The zero-order valence-corrected chi connectivity index (χ0v) is 13.7. The predicted molar refractivity (Wildman–Crippen MR) is 83.7 cm³/mol. The molecule has 2 aliphatic heterocycles. The molecule has 1 spiro atoms. The highest BCUT2D eigenvalue weighted by molar-refractivity contribution is 5.98. The molecule has 2 N–H and O–H groups in total. The van der Waals surface area contributed by atoms with Gasteiger partial charge in [0.15, 0.2) is 0 Å². The molecule has 3 heterocycles. The zero-order chi connectivity index (χ0) is 16.6. The average molecular weight is 320 g/mol. The number of aromatic nitrogens is 2. The van der Waals surface area contributed by atoms with Crippen LogP contribution in [0.15, 0.2) is 6.20 Å². The van der Waals surface area contributed by atoms with Gasteiger partial charge in [0, 0.05) is 38.4 Å². The molecule has 0 aromatic carbocycles. The molecule has 2 amide bonds. The van der Waals surface area contributed by atoms with E-state index in [0.717, 1.165) is 25.7 Å². The van der Waals surface area contributed by atoms with Crippen molar-refractivity contribution in [3.05, 3.63) is 17.5 Å². The van der Waals surface area contributed by atoms with Gasteiger partial charge in [0.1, 0.15) is 6.04 Å². The first-order valence-corrected chi connectivity index (χ1v) is 8.13. The van der Waals surface area contributed by atoms with Crippen LogP contribution in [0, 0.1) is 12.3 Å². The van der Waals surface area contributed by atoms with Gasteiger partial charge in [-0.25, -0.2) is 0 Å². The van der Waals surface area contributed by atoms with E-state index >= 15 is 0 Å². The van der Waals surface area contributed by atoms with E-state index in [9.17, 15) is 9.59 Å². The summed E-state index contributed by atoms with van der Waals surface area (Å²) in [5.74, 6) is -0.563. The number of nitrogens with zero attached hydrogens (tertiary/aromatic N) is 3. The molecular weight excluding hydrogens is 296 g/mol. The standard InChI is InChI=1S/C16H24N4O3/c1-11-12(10-19(2)18-11)15(22)20-7-3-4-16(13(20)14(17)21)5-8-23-9-6-16/h10,13H,3-9H2,1-2H3,(H2,17,21). The Morgan fingerprint density at radius 2 is 2.04 bits per heavy atom. The average Bonchev–Trinajstić information content (AvgIpc) is 2.85. The summed E-state index contributed by atoms with van der Waals surface area (Å²) in [5, 5.41) is 4.23. The van der Waals surface area contributed by atoms with Crippen LogP contribution in [0.1, 0.15) is 41.7 Å². The van der Waals surface area contributed by atoms with E-state index < -0.39 is 11.9 Å². The normalized spacial score (nSPS) is 23.9. The smallest absolute Gasteiger partial charge is 0.258 e. The molecule has 2 fully saturated rings. The van der Waals surface area contributed by atoms with Gasteiger partial charge in [0.25, 0.3) is 5.91 Å². The van der Waals surface area contributed by atoms with Crippen LogP contribution in [-0.2, 0) is 16.6 Å². The molecule has 2 saturated heterocycles. The lowest BCUT2D eigenvalue weighted by molar-refractivity contribution is -0.134. The van der Waals surface area contributed by atoms with Crippen molar-refractivity contribution in [3.8, 4) is 0 Å². The number of aryl methyl sites for hydroxylation is 2. The van der Waals surface area contributed by atoms with Gasteiger partial charge < -0.3 is 15.4 Å². The highest BCUT2D eigenvalue weighted by Gasteiger charge is 2.50. The zero-order valence-electron chi connectivity index (χ0n) is 13.7. The second kappa shape index (κ2) is 5.96. The summed E-state index contributed by atoms with van der Waals surface area (Å²) in [6, 6.07) is -0.563. The topological polar surface area (TPSA) is 90.4 Å². The van der Waals surface area contributed by atoms with Crippen molar-refractivity contribution in [3.63, 3.8) is 0 Å². The molecule has 2 aliphatic rings. The van der Waals surface area contributed by atoms with Gasteiger partial charge in [-0.2, -0.15) is 5.10 Å². The van der Waals surface area contributed by atoms with Crippen molar-refractivity contribution >= 4 is 11.8 Å². The number of hydrogen-bond acceptors (Lipinski definition) is 4. The largest absolute Gasteiger partial charge is 0.381 e. The lowest BCUT2D eigenvalue weighted by Gasteiger charge is -2.50. The molecule has 1 aromatic heterocycles. The minimum atomic E-state index is -0.563.